The Bertz CT molecular complexity index is 403. The molecule has 0 fully saturated rings. The molecule has 0 aliphatic rings. The molecule has 1 rings (SSSR count). The van der Waals surface area contributed by atoms with Gasteiger partial charge < -0.3 is 9.64 Å². The van der Waals surface area contributed by atoms with Gasteiger partial charge in [0.05, 0.1) is 25.1 Å². The molecule has 0 heterocycles. The standard InChI is InChI=1S/C15H22N2O/c1-11(2)14(10-16)15(17(3)4)12-6-8-13(18-5)9-7-12/h6-9,11,14-15H,1-5H3. The Morgan fingerprint density at radius 1 is 1.17 bits per heavy atom. The first kappa shape index (κ1) is 14.5. The van der Waals surface area contributed by atoms with Gasteiger partial charge >= 0.3 is 0 Å². The number of benzene rings is 1. The highest BCUT2D eigenvalue weighted by Gasteiger charge is 2.27. The second-order valence-electron chi connectivity index (χ2n) is 5.08. The Balaban J connectivity index is 3.08. The smallest absolute Gasteiger partial charge is 0.118 e. The van der Waals surface area contributed by atoms with Crippen molar-refractivity contribution < 1.29 is 4.74 Å². The summed E-state index contributed by atoms with van der Waals surface area (Å²) in [4.78, 5) is 2.11. The van der Waals surface area contributed by atoms with Crippen LogP contribution in [0.1, 0.15) is 25.5 Å². The Hall–Kier alpha value is -1.53. The molecule has 0 saturated carbocycles. The molecule has 0 aliphatic heterocycles. The summed E-state index contributed by atoms with van der Waals surface area (Å²) in [5.41, 5.74) is 1.15. The topological polar surface area (TPSA) is 36.3 Å². The number of nitrogens with zero attached hydrogens (tertiary/aromatic N) is 2. The Morgan fingerprint density at radius 3 is 2.06 bits per heavy atom. The molecule has 0 bridgehead atoms. The monoisotopic (exact) mass is 246 g/mol. The van der Waals surface area contributed by atoms with Crippen molar-refractivity contribution >= 4 is 0 Å². The molecule has 1 aromatic rings. The Kier molecular flexibility index (Phi) is 5.18. The largest absolute Gasteiger partial charge is 0.497 e. The highest BCUT2D eigenvalue weighted by atomic mass is 16.5. The molecule has 18 heavy (non-hydrogen) atoms. The second kappa shape index (κ2) is 6.42. The predicted molar refractivity (Wildman–Crippen MR) is 73.4 cm³/mol. The van der Waals surface area contributed by atoms with Gasteiger partial charge in [-0.25, -0.2) is 0 Å². The summed E-state index contributed by atoms with van der Waals surface area (Å²) in [6.45, 7) is 4.18. The molecule has 2 unspecified atom stereocenters. The normalized spacial score (nSPS) is 14.3. The van der Waals surface area contributed by atoms with E-state index in [2.05, 4.69) is 24.8 Å². The van der Waals surface area contributed by atoms with Gasteiger partial charge in [-0.2, -0.15) is 5.26 Å². The number of rotatable bonds is 5. The van der Waals surface area contributed by atoms with Crippen LogP contribution in [-0.2, 0) is 0 Å². The lowest BCUT2D eigenvalue weighted by molar-refractivity contribution is 0.210. The van der Waals surface area contributed by atoms with Crippen molar-refractivity contribution in [1.82, 2.24) is 4.90 Å². The third-order valence-electron chi connectivity index (χ3n) is 3.22. The van der Waals surface area contributed by atoms with Crippen LogP contribution in [0.3, 0.4) is 0 Å². The molecule has 0 radical (unpaired) electrons. The summed E-state index contributed by atoms with van der Waals surface area (Å²) in [6, 6.07) is 10.5. The van der Waals surface area contributed by atoms with Crippen LogP contribution in [-0.4, -0.2) is 26.1 Å². The van der Waals surface area contributed by atoms with Gasteiger partial charge in [-0.3, -0.25) is 0 Å². The van der Waals surface area contributed by atoms with Gasteiger partial charge in [0.1, 0.15) is 5.75 Å². The van der Waals surface area contributed by atoms with E-state index >= 15 is 0 Å². The van der Waals surface area contributed by atoms with Gasteiger partial charge in [-0.05, 0) is 37.7 Å². The lowest BCUT2D eigenvalue weighted by atomic mass is 9.85. The summed E-state index contributed by atoms with van der Waals surface area (Å²) in [5.74, 6) is 1.15. The maximum absolute atomic E-state index is 9.38. The highest BCUT2D eigenvalue weighted by Crippen LogP contribution is 2.32. The number of hydrogen-bond acceptors (Lipinski definition) is 3. The Morgan fingerprint density at radius 2 is 1.72 bits per heavy atom. The molecule has 1 aromatic carbocycles. The summed E-state index contributed by atoms with van der Waals surface area (Å²) in [7, 11) is 5.69. The van der Waals surface area contributed by atoms with E-state index in [0.29, 0.717) is 5.92 Å². The van der Waals surface area contributed by atoms with Crippen LogP contribution in [0.5, 0.6) is 5.75 Å². The highest BCUT2D eigenvalue weighted by molar-refractivity contribution is 5.30. The molecule has 3 heteroatoms. The number of hydrogen-bond donors (Lipinski definition) is 0. The van der Waals surface area contributed by atoms with Crippen molar-refractivity contribution in [1.29, 1.82) is 5.26 Å². The zero-order valence-electron chi connectivity index (χ0n) is 11.8. The SMILES string of the molecule is COc1ccc(C(C(C#N)C(C)C)N(C)C)cc1. The zero-order valence-corrected chi connectivity index (χ0v) is 11.8. The van der Waals surface area contributed by atoms with Gasteiger partial charge in [0.25, 0.3) is 0 Å². The Labute approximate surface area is 110 Å². The quantitative estimate of drug-likeness (QED) is 0.801. The minimum atomic E-state index is -0.0200. The number of nitriles is 1. The third kappa shape index (κ3) is 3.24. The second-order valence-corrected chi connectivity index (χ2v) is 5.08. The molecule has 0 N–H and O–H groups in total. The van der Waals surface area contributed by atoms with Crippen molar-refractivity contribution in [2.45, 2.75) is 19.9 Å². The molecular formula is C15H22N2O. The van der Waals surface area contributed by atoms with E-state index in [1.807, 2.05) is 38.4 Å². The van der Waals surface area contributed by atoms with Crippen LogP contribution in [0, 0.1) is 23.2 Å². The van der Waals surface area contributed by atoms with Crippen LogP contribution in [0.4, 0.5) is 0 Å². The van der Waals surface area contributed by atoms with Gasteiger partial charge in [-0.15, -0.1) is 0 Å². The lowest BCUT2D eigenvalue weighted by Gasteiger charge is -2.31. The average molecular weight is 246 g/mol. The minimum absolute atomic E-state index is 0.0200. The molecule has 98 valence electrons. The summed E-state index contributed by atoms with van der Waals surface area (Å²) in [6.07, 6.45) is 0. The van der Waals surface area contributed by atoms with E-state index in [-0.39, 0.29) is 12.0 Å². The first-order chi connectivity index (χ1) is 8.51. The van der Waals surface area contributed by atoms with Crippen molar-refractivity contribution in [3.05, 3.63) is 29.8 Å². The molecule has 2 atom stereocenters. The van der Waals surface area contributed by atoms with Crippen molar-refractivity contribution in [3.63, 3.8) is 0 Å². The van der Waals surface area contributed by atoms with Crippen LogP contribution < -0.4 is 4.74 Å². The number of methoxy groups -OCH3 is 1. The fraction of sp³-hybridized carbons (Fsp3) is 0.533. The van der Waals surface area contributed by atoms with E-state index in [1.54, 1.807) is 7.11 Å². The summed E-state index contributed by atoms with van der Waals surface area (Å²) >= 11 is 0. The van der Waals surface area contributed by atoms with Gasteiger partial charge in [-0.1, -0.05) is 26.0 Å². The average Bonchev–Trinajstić information content (AvgIpc) is 2.35. The molecule has 3 nitrogen and oxygen atoms in total. The van der Waals surface area contributed by atoms with Crippen molar-refractivity contribution in [2.75, 3.05) is 21.2 Å². The predicted octanol–water partition coefficient (Wildman–Crippen LogP) is 3.09. The number of ether oxygens (including phenoxy) is 1. The van der Waals surface area contributed by atoms with Crippen molar-refractivity contribution in [2.24, 2.45) is 11.8 Å². The van der Waals surface area contributed by atoms with E-state index in [9.17, 15) is 5.26 Å². The maximum Gasteiger partial charge on any atom is 0.118 e. The van der Waals surface area contributed by atoms with E-state index in [4.69, 9.17) is 4.74 Å². The summed E-state index contributed by atoms with van der Waals surface area (Å²) in [5, 5.41) is 9.38. The van der Waals surface area contributed by atoms with Crippen LogP contribution in [0.25, 0.3) is 0 Å². The summed E-state index contributed by atoms with van der Waals surface area (Å²) < 4.78 is 5.17. The van der Waals surface area contributed by atoms with Gasteiger partial charge in [0, 0.05) is 0 Å². The molecule has 0 spiro atoms. The minimum Gasteiger partial charge on any atom is -0.497 e. The zero-order chi connectivity index (χ0) is 13.7. The molecule has 0 amide bonds. The van der Waals surface area contributed by atoms with Gasteiger partial charge in [0.15, 0.2) is 0 Å². The third-order valence-corrected chi connectivity index (χ3v) is 3.22. The van der Waals surface area contributed by atoms with E-state index < -0.39 is 0 Å². The first-order valence-corrected chi connectivity index (χ1v) is 6.21. The van der Waals surface area contributed by atoms with Crippen LogP contribution in [0.2, 0.25) is 0 Å². The lowest BCUT2D eigenvalue weighted by Crippen LogP contribution is -2.29. The van der Waals surface area contributed by atoms with Crippen LogP contribution in [0.15, 0.2) is 24.3 Å². The van der Waals surface area contributed by atoms with Gasteiger partial charge in [0.2, 0.25) is 0 Å². The fourth-order valence-electron chi connectivity index (χ4n) is 2.21. The van der Waals surface area contributed by atoms with Crippen molar-refractivity contribution in [3.8, 4) is 11.8 Å². The fourth-order valence-corrected chi connectivity index (χ4v) is 2.21. The molecular weight excluding hydrogens is 224 g/mol. The maximum atomic E-state index is 9.38. The van der Waals surface area contributed by atoms with E-state index in [1.165, 1.54) is 0 Å². The molecule has 0 aromatic heterocycles. The molecule has 0 saturated heterocycles. The van der Waals surface area contributed by atoms with E-state index in [0.717, 1.165) is 11.3 Å². The molecule has 0 aliphatic carbocycles. The van der Waals surface area contributed by atoms with Crippen LogP contribution >= 0.6 is 0 Å². The first-order valence-electron chi connectivity index (χ1n) is 6.21.